The highest BCUT2D eigenvalue weighted by Crippen LogP contribution is 2.23. The molecule has 0 radical (unpaired) electrons. The summed E-state index contributed by atoms with van der Waals surface area (Å²) in [5.41, 5.74) is 5.48. The number of benzene rings is 1. The number of methoxy groups -OCH3 is 1. The van der Waals surface area contributed by atoms with Gasteiger partial charge in [0.25, 0.3) is 0 Å². The fourth-order valence-electron chi connectivity index (χ4n) is 2.51. The number of ether oxygens (including phenoxy) is 1. The maximum Gasteiger partial charge on any atom is 0.0778 e. The molecular weight excluding hydrogens is 236 g/mol. The fourth-order valence-corrected chi connectivity index (χ4v) is 2.51. The Balaban J connectivity index is 2.90. The Bertz CT molecular complexity index is 366. The summed E-state index contributed by atoms with van der Waals surface area (Å²) in [4.78, 5) is 0. The summed E-state index contributed by atoms with van der Waals surface area (Å²) in [6, 6.07) is 8.70. The molecule has 2 unspecified atom stereocenters. The van der Waals surface area contributed by atoms with Crippen molar-refractivity contribution in [3.05, 3.63) is 35.4 Å². The van der Waals surface area contributed by atoms with Gasteiger partial charge in [-0.1, -0.05) is 51.5 Å². The lowest BCUT2D eigenvalue weighted by Crippen LogP contribution is -2.37. The van der Waals surface area contributed by atoms with Gasteiger partial charge in [-0.05, 0) is 29.9 Å². The summed E-state index contributed by atoms with van der Waals surface area (Å²) in [6.07, 6.45) is 3.29. The highest BCUT2D eigenvalue weighted by Gasteiger charge is 2.21. The molecule has 3 N–H and O–H groups in total. The lowest BCUT2D eigenvalue weighted by Gasteiger charge is -2.26. The Hall–Kier alpha value is -0.900. The average Bonchev–Trinajstić information content (AvgIpc) is 2.38. The van der Waals surface area contributed by atoms with E-state index in [2.05, 4.69) is 50.5 Å². The van der Waals surface area contributed by atoms with Gasteiger partial charge in [0.2, 0.25) is 0 Å². The zero-order valence-electron chi connectivity index (χ0n) is 12.6. The van der Waals surface area contributed by atoms with E-state index in [0.29, 0.717) is 5.92 Å². The second kappa shape index (κ2) is 8.31. The molecule has 0 saturated heterocycles. The van der Waals surface area contributed by atoms with Crippen LogP contribution in [0.4, 0.5) is 0 Å². The third-order valence-corrected chi connectivity index (χ3v) is 3.38. The molecule has 0 saturated carbocycles. The minimum absolute atomic E-state index is 0.0528. The Morgan fingerprint density at radius 3 is 2.58 bits per heavy atom. The third-order valence-electron chi connectivity index (χ3n) is 3.38. The monoisotopic (exact) mass is 264 g/mol. The van der Waals surface area contributed by atoms with Crippen LogP contribution in [0, 0.1) is 5.92 Å². The smallest absolute Gasteiger partial charge is 0.0778 e. The van der Waals surface area contributed by atoms with E-state index in [9.17, 15) is 0 Å². The normalized spacial score (nSPS) is 14.6. The Kier molecular flexibility index (Phi) is 7.06. The van der Waals surface area contributed by atoms with Gasteiger partial charge in [-0.2, -0.15) is 0 Å². The van der Waals surface area contributed by atoms with Crippen molar-refractivity contribution in [1.29, 1.82) is 0 Å². The fraction of sp³-hybridized carbons (Fsp3) is 0.625. The van der Waals surface area contributed by atoms with Crippen LogP contribution in [0.2, 0.25) is 0 Å². The Morgan fingerprint density at radius 2 is 2.05 bits per heavy atom. The van der Waals surface area contributed by atoms with Crippen molar-refractivity contribution in [2.24, 2.45) is 11.8 Å². The van der Waals surface area contributed by atoms with Crippen LogP contribution >= 0.6 is 0 Å². The average molecular weight is 264 g/mol. The molecule has 0 aliphatic heterocycles. The standard InChI is InChI=1S/C16H28N2O/c1-5-7-15(19-4)16(18-17)14-9-6-8-13(11-14)10-12(2)3/h6,8-9,11-12,15-16,18H,5,7,10,17H2,1-4H3. The second-order valence-electron chi connectivity index (χ2n) is 5.55. The zero-order chi connectivity index (χ0) is 14.3. The summed E-state index contributed by atoms with van der Waals surface area (Å²) in [6.45, 7) is 6.63. The topological polar surface area (TPSA) is 47.3 Å². The Morgan fingerprint density at radius 1 is 1.32 bits per heavy atom. The van der Waals surface area contributed by atoms with E-state index in [1.54, 1.807) is 7.11 Å². The van der Waals surface area contributed by atoms with Gasteiger partial charge in [0, 0.05) is 7.11 Å². The molecule has 0 heterocycles. The SMILES string of the molecule is CCCC(OC)C(NN)c1cccc(CC(C)C)c1. The van der Waals surface area contributed by atoms with Gasteiger partial charge in [-0.3, -0.25) is 11.3 Å². The van der Waals surface area contributed by atoms with Crippen molar-refractivity contribution >= 4 is 0 Å². The molecule has 0 aliphatic rings. The summed E-state index contributed by atoms with van der Waals surface area (Å²) in [7, 11) is 1.75. The van der Waals surface area contributed by atoms with Gasteiger partial charge in [0.15, 0.2) is 0 Å². The molecule has 0 amide bonds. The second-order valence-corrected chi connectivity index (χ2v) is 5.55. The first kappa shape index (κ1) is 16.2. The highest BCUT2D eigenvalue weighted by molar-refractivity contribution is 5.27. The van der Waals surface area contributed by atoms with Crippen molar-refractivity contribution in [1.82, 2.24) is 5.43 Å². The van der Waals surface area contributed by atoms with Crippen LogP contribution < -0.4 is 11.3 Å². The van der Waals surface area contributed by atoms with E-state index in [0.717, 1.165) is 19.3 Å². The van der Waals surface area contributed by atoms with Crippen LogP contribution in [0.25, 0.3) is 0 Å². The van der Waals surface area contributed by atoms with Gasteiger partial charge < -0.3 is 4.74 Å². The highest BCUT2D eigenvalue weighted by atomic mass is 16.5. The van der Waals surface area contributed by atoms with Gasteiger partial charge in [0.05, 0.1) is 12.1 Å². The van der Waals surface area contributed by atoms with Crippen LogP contribution in [0.1, 0.15) is 50.8 Å². The number of nitrogens with two attached hydrogens (primary N) is 1. The van der Waals surface area contributed by atoms with Crippen molar-refractivity contribution in [2.75, 3.05) is 7.11 Å². The number of hydrogen-bond acceptors (Lipinski definition) is 3. The van der Waals surface area contributed by atoms with Crippen molar-refractivity contribution < 1.29 is 4.74 Å². The molecule has 0 bridgehead atoms. The van der Waals surface area contributed by atoms with Gasteiger partial charge in [0.1, 0.15) is 0 Å². The van der Waals surface area contributed by atoms with Crippen LogP contribution in [0.3, 0.4) is 0 Å². The number of hydrazine groups is 1. The summed E-state index contributed by atoms with van der Waals surface area (Å²) in [5.74, 6) is 6.39. The quantitative estimate of drug-likeness (QED) is 0.560. The minimum Gasteiger partial charge on any atom is -0.379 e. The van der Waals surface area contributed by atoms with E-state index in [1.165, 1.54) is 11.1 Å². The van der Waals surface area contributed by atoms with Crippen molar-refractivity contribution in [3.8, 4) is 0 Å². The van der Waals surface area contributed by atoms with Gasteiger partial charge in [-0.15, -0.1) is 0 Å². The molecule has 19 heavy (non-hydrogen) atoms. The lowest BCUT2D eigenvalue weighted by molar-refractivity contribution is 0.0606. The zero-order valence-corrected chi connectivity index (χ0v) is 12.6. The van der Waals surface area contributed by atoms with Crippen LogP contribution in [-0.2, 0) is 11.2 Å². The summed E-state index contributed by atoms with van der Waals surface area (Å²) < 4.78 is 5.58. The lowest BCUT2D eigenvalue weighted by atomic mass is 9.94. The van der Waals surface area contributed by atoms with Crippen LogP contribution in [-0.4, -0.2) is 13.2 Å². The molecule has 0 fully saturated rings. The molecule has 0 spiro atoms. The summed E-state index contributed by atoms with van der Waals surface area (Å²) in [5, 5.41) is 0. The van der Waals surface area contributed by atoms with Crippen LogP contribution in [0.5, 0.6) is 0 Å². The van der Waals surface area contributed by atoms with E-state index in [1.807, 2.05) is 0 Å². The first-order valence-corrected chi connectivity index (χ1v) is 7.20. The van der Waals surface area contributed by atoms with Crippen LogP contribution in [0.15, 0.2) is 24.3 Å². The molecule has 0 aliphatic carbocycles. The predicted octanol–water partition coefficient (Wildman–Crippen LogP) is 3.20. The maximum absolute atomic E-state index is 5.73. The molecule has 3 heteroatoms. The molecule has 1 aromatic rings. The van der Waals surface area contributed by atoms with Crippen molar-refractivity contribution in [2.45, 2.75) is 52.2 Å². The Labute approximate surface area is 117 Å². The molecule has 1 rings (SSSR count). The molecule has 3 nitrogen and oxygen atoms in total. The number of rotatable bonds is 8. The number of nitrogens with one attached hydrogen (secondary N) is 1. The van der Waals surface area contributed by atoms with Gasteiger partial charge >= 0.3 is 0 Å². The maximum atomic E-state index is 5.73. The van der Waals surface area contributed by atoms with E-state index >= 15 is 0 Å². The number of hydrogen-bond donors (Lipinski definition) is 2. The van der Waals surface area contributed by atoms with Crippen molar-refractivity contribution in [3.63, 3.8) is 0 Å². The molecule has 0 aromatic heterocycles. The molecule has 1 aromatic carbocycles. The third kappa shape index (κ3) is 4.94. The molecule has 2 atom stereocenters. The van der Waals surface area contributed by atoms with Gasteiger partial charge in [-0.25, -0.2) is 0 Å². The first-order chi connectivity index (χ1) is 9.12. The van der Waals surface area contributed by atoms with E-state index < -0.39 is 0 Å². The minimum atomic E-state index is 0.0528. The van der Waals surface area contributed by atoms with E-state index in [-0.39, 0.29) is 12.1 Å². The predicted molar refractivity (Wildman–Crippen MR) is 80.8 cm³/mol. The summed E-state index contributed by atoms with van der Waals surface area (Å²) >= 11 is 0. The van der Waals surface area contributed by atoms with E-state index in [4.69, 9.17) is 10.6 Å². The molecular formula is C16H28N2O. The largest absolute Gasteiger partial charge is 0.379 e. The first-order valence-electron chi connectivity index (χ1n) is 7.20. The molecule has 108 valence electrons.